The van der Waals surface area contributed by atoms with Gasteiger partial charge in [0.2, 0.25) is 0 Å². The van der Waals surface area contributed by atoms with Crippen molar-refractivity contribution in [2.45, 2.75) is 36.7 Å². The van der Waals surface area contributed by atoms with Crippen LogP contribution < -0.4 is 0 Å². The molecule has 1 aliphatic heterocycles. The van der Waals surface area contributed by atoms with Gasteiger partial charge in [-0.2, -0.15) is 8.42 Å². The second-order valence-electron chi connectivity index (χ2n) is 4.88. The molecule has 2 bridgehead atoms. The molecule has 0 aromatic carbocycles. The third kappa shape index (κ3) is 1.69. The van der Waals surface area contributed by atoms with Gasteiger partial charge in [0.15, 0.2) is 0 Å². The number of alkyl halides is 1. The highest BCUT2D eigenvalue weighted by molar-refractivity contribution is 7.87. The van der Waals surface area contributed by atoms with Gasteiger partial charge in [0.25, 0.3) is 10.1 Å². The molecule has 3 aliphatic rings. The highest BCUT2D eigenvalue weighted by Crippen LogP contribution is 2.55. The van der Waals surface area contributed by atoms with E-state index < -0.39 is 22.3 Å². The van der Waals surface area contributed by atoms with Gasteiger partial charge < -0.3 is 4.74 Å². The standard InChI is InChI=1S/C10H13ClO5S/c11-2-1-8(12)15-9-5-3-6-7(4-5)17(13,14)16-10(6)9/h5-7,9-10H,1-4H2. The summed E-state index contributed by atoms with van der Waals surface area (Å²) in [5, 5.41) is -0.375. The zero-order chi connectivity index (χ0) is 12.2. The van der Waals surface area contributed by atoms with Gasteiger partial charge in [0.05, 0.1) is 11.7 Å². The van der Waals surface area contributed by atoms with Gasteiger partial charge in [0, 0.05) is 17.7 Å². The maximum Gasteiger partial charge on any atom is 0.307 e. The maximum atomic E-state index is 11.7. The fraction of sp³-hybridized carbons (Fsp3) is 0.900. The molecular formula is C10H13ClO5S. The highest BCUT2D eigenvalue weighted by atomic mass is 35.5. The molecule has 5 unspecified atom stereocenters. The van der Waals surface area contributed by atoms with E-state index in [1.54, 1.807) is 0 Å². The first-order valence-electron chi connectivity index (χ1n) is 5.70. The van der Waals surface area contributed by atoms with Crippen molar-refractivity contribution in [2.24, 2.45) is 11.8 Å². The summed E-state index contributed by atoms with van der Waals surface area (Å²) >= 11 is 5.46. The number of fused-ring (bicyclic) bond motifs is 1. The van der Waals surface area contributed by atoms with E-state index in [1.807, 2.05) is 0 Å². The highest BCUT2D eigenvalue weighted by Gasteiger charge is 2.65. The first-order chi connectivity index (χ1) is 8.03. The van der Waals surface area contributed by atoms with Gasteiger partial charge in [-0.25, -0.2) is 0 Å². The summed E-state index contributed by atoms with van der Waals surface area (Å²) in [5.41, 5.74) is 0. The number of carbonyl (C=O) groups is 1. The van der Waals surface area contributed by atoms with E-state index in [9.17, 15) is 13.2 Å². The summed E-state index contributed by atoms with van der Waals surface area (Å²) in [6.45, 7) is 0. The molecule has 2 saturated carbocycles. The predicted octanol–water partition coefficient (Wildman–Crippen LogP) is 0.664. The summed E-state index contributed by atoms with van der Waals surface area (Å²) in [4.78, 5) is 11.4. The van der Waals surface area contributed by atoms with Gasteiger partial charge >= 0.3 is 5.97 Å². The Balaban J connectivity index is 1.76. The lowest BCUT2D eigenvalue weighted by Crippen LogP contribution is -2.37. The number of halogens is 1. The molecule has 0 spiro atoms. The van der Waals surface area contributed by atoms with Crippen molar-refractivity contribution in [1.29, 1.82) is 0 Å². The molecule has 96 valence electrons. The molecule has 1 saturated heterocycles. The van der Waals surface area contributed by atoms with Gasteiger partial charge in [0.1, 0.15) is 12.2 Å². The number of esters is 1. The van der Waals surface area contributed by atoms with Crippen molar-refractivity contribution < 1.29 is 22.1 Å². The van der Waals surface area contributed by atoms with Crippen molar-refractivity contribution in [2.75, 3.05) is 5.88 Å². The molecule has 17 heavy (non-hydrogen) atoms. The lowest BCUT2D eigenvalue weighted by molar-refractivity contribution is -0.155. The maximum absolute atomic E-state index is 11.7. The fourth-order valence-electron chi connectivity index (χ4n) is 3.33. The molecule has 1 heterocycles. The molecular weight excluding hydrogens is 268 g/mol. The molecule has 2 aliphatic carbocycles. The lowest BCUT2D eigenvalue weighted by atomic mass is 9.94. The molecule has 3 rings (SSSR count). The van der Waals surface area contributed by atoms with E-state index in [1.165, 1.54) is 0 Å². The van der Waals surface area contributed by atoms with Crippen molar-refractivity contribution >= 4 is 27.7 Å². The van der Waals surface area contributed by atoms with Crippen LogP contribution in [0.3, 0.4) is 0 Å². The van der Waals surface area contributed by atoms with Gasteiger partial charge in [-0.1, -0.05) is 0 Å². The summed E-state index contributed by atoms with van der Waals surface area (Å²) < 4.78 is 33.7. The molecule has 0 N–H and O–H groups in total. The Morgan fingerprint density at radius 1 is 1.41 bits per heavy atom. The molecule has 5 nitrogen and oxygen atoms in total. The summed E-state index contributed by atoms with van der Waals surface area (Å²) in [5.74, 6) is -0.0149. The number of rotatable bonds is 3. The molecule has 7 heteroatoms. The van der Waals surface area contributed by atoms with Crippen LogP contribution >= 0.6 is 11.6 Å². The largest absolute Gasteiger partial charge is 0.459 e. The Labute approximate surface area is 105 Å². The third-order valence-corrected chi connectivity index (χ3v) is 5.94. The minimum Gasteiger partial charge on any atom is -0.459 e. The van der Waals surface area contributed by atoms with Gasteiger partial charge in [-0.15, -0.1) is 11.6 Å². The van der Waals surface area contributed by atoms with Crippen LogP contribution in [0.15, 0.2) is 0 Å². The predicted molar refractivity (Wildman–Crippen MR) is 59.0 cm³/mol. The molecule has 0 aromatic rings. The quantitative estimate of drug-likeness (QED) is 0.432. The van der Waals surface area contributed by atoms with Crippen molar-refractivity contribution in [3.8, 4) is 0 Å². The van der Waals surface area contributed by atoms with E-state index >= 15 is 0 Å². The van der Waals surface area contributed by atoms with E-state index in [0.717, 1.165) is 6.42 Å². The molecule has 0 amide bonds. The summed E-state index contributed by atoms with van der Waals surface area (Å²) in [6.07, 6.45) is 0.640. The Morgan fingerprint density at radius 2 is 2.18 bits per heavy atom. The number of carbonyl (C=O) groups excluding carboxylic acids is 1. The monoisotopic (exact) mass is 280 g/mol. The SMILES string of the molecule is O=C(CCCl)OC1C2CC3C1OS(=O)(=O)C3C2. The molecule has 0 aromatic heterocycles. The fourth-order valence-corrected chi connectivity index (χ4v) is 5.37. The number of hydrogen-bond acceptors (Lipinski definition) is 5. The van der Waals surface area contributed by atoms with Crippen LogP contribution in [0.5, 0.6) is 0 Å². The number of ether oxygens (including phenoxy) is 1. The topological polar surface area (TPSA) is 69.7 Å². The van der Waals surface area contributed by atoms with E-state index in [2.05, 4.69) is 0 Å². The Hall–Kier alpha value is -0.330. The first kappa shape index (κ1) is 11.7. The smallest absolute Gasteiger partial charge is 0.307 e. The molecule has 5 atom stereocenters. The minimum atomic E-state index is -3.43. The average Bonchev–Trinajstić information content (AvgIpc) is 2.82. The van der Waals surface area contributed by atoms with Gasteiger partial charge in [-0.05, 0) is 12.8 Å². The molecule has 0 radical (unpaired) electrons. The van der Waals surface area contributed by atoms with Gasteiger partial charge in [-0.3, -0.25) is 8.98 Å². The van der Waals surface area contributed by atoms with Crippen molar-refractivity contribution in [3.63, 3.8) is 0 Å². The number of hydrogen-bond donors (Lipinski definition) is 0. The van der Waals surface area contributed by atoms with Crippen LogP contribution in [0.4, 0.5) is 0 Å². The van der Waals surface area contributed by atoms with Crippen LogP contribution in [0, 0.1) is 11.8 Å². The van der Waals surface area contributed by atoms with Crippen LogP contribution in [-0.4, -0.2) is 37.7 Å². The van der Waals surface area contributed by atoms with Crippen LogP contribution in [0.2, 0.25) is 0 Å². The zero-order valence-electron chi connectivity index (χ0n) is 9.04. The lowest BCUT2D eigenvalue weighted by Gasteiger charge is -2.24. The van der Waals surface area contributed by atoms with Crippen molar-refractivity contribution in [3.05, 3.63) is 0 Å². The third-order valence-electron chi connectivity index (χ3n) is 3.98. The van der Waals surface area contributed by atoms with Crippen molar-refractivity contribution in [1.82, 2.24) is 0 Å². The second kappa shape index (κ2) is 3.83. The zero-order valence-corrected chi connectivity index (χ0v) is 10.6. The first-order valence-corrected chi connectivity index (χ1v) is 7.71. The van der Waals surface area contributed by atoms with Crippen LogP contribution in [0.25, 0.3) is 0 Å². The van der Waals surface area contributed by atoms with E-state index in [-0.39, 0.29) is 35.4 Å². The Bertz CT molecular complexity index is 448. The molecule has 3 fully saturated rings. The van der Waals surface area contributed by atoms with Crippen LogP contribution in [-0.2, 0) is 23.8 Å². The summed E-state index contributed by atoms with van der Waals surface area (Å²) in [7, 11) is -3.43. The van der Waals surface area contributed by atoms with Crippen LogP contribution in [0.1, 0.15) is 19.3 Å². The second-order valence-corrected chi connectivity index (χ2v) is 7.04. The summed E-state index contributed by atoms with van der Waals surface area (Å²) in [6, 6.07) is 0. The average molecular weight is 281 g/mol. The minimum absolute atomic E-state index is 0.0128. The van der Waals surface area contributed by atoms with E-state index in [0.29, 0.717) is 6.42 Å². The Kier molecular flexibility index (Phi) is 2.65. The van der Waals surface area contributed by atoms with E-state index in [4.69, 9.17) is 20.5 Å². The normalized spacial score (nSPS) is 45.1. The Morgan fingerprint density at radius 3 is 2.88 bits per heavy atom.